The Morgan fingerprint density at radius 1 is 1.64 bits per heavy atom. The quantitative estimate of drug-likeness (QED) is 0.703. The highest BCUT2D eigenvalue weighted by Crippen LogP contribution is 1.81. The summed E-state index contributed by atoms with van der Waals surface area (Å²) in [5.41, 5.74) is 0. The van der Waals surface area contributed by atoms with Crippen molar-refractivity contribution in [3.8, 4) is 0 Å². The molecule has 0 heterocycles. The van der Waals surface area contributed by atoms with Gasteiger partial charge in [-0.3, -0.25) is 9.00 Å². The Labute approximate surface area is 77.5 Å². The summed E-state index contributed by atoms with van der Waals surface area (Å²) in [6.45, 7) is 2.37. The first-order valence-corrected chi connectivity index (χ1v) is 5.99. The van der Waals surface area contributed by atoms with Gasteiger partial charge in [0.05, 0.1) is 5.33 Å². The second-order valence-electron chi connectivity index (χ2n) is 1.92. The molecular weight excluding hydrogens is 230 g/mol. The minimum absolute atomic E-state index is 0.0573. The second-order valence-corrected chi connectivity index (χ2v) is 4.34. The third kappa shape index (κ3) is 6.50. The van der Waals surface area contributed by atoms with Crippen LogP contribution >= 0.6 is 15.9 Å². The Hall–Kier alpha value is 0.1000. The highest BCUT2D eigenvalue weighted by atomic mass is 79.9. The van der Waals surface area contributed by atoms with Gasteiger partial charge in [0.1, 0.15) is 0 Å². The van der Waals surface area contributed by atoms with Gasteiger partial charge in [0.25, 0.3) is 0 Å². The summed E-state index contributed by atoms with van der Waals surface area (Å²) in [6.07, 6.45) is 0. The summed E-state index contributed by atoms with van der Waals surface area (Å²) >= 11 is 3.01. The lowest BCUT2D eigenvalue weighted by Gasteiger charge is -2.00. The zero-order valence-electron chi connectivity index (χ0n) is 6.43. The van der Waals surface area contributed by atoms with Gasteiger partial charge < -0.3 is 5.32 Å². The Balaban J connectivity index is 3.27. The van der Waals surface area contributed by atoms with Gasteiger partial charge in [0, 0.05) is 28.9 Å². The Bertz CT molecular complexity index is 136. The summed E-state index contributed by atoms with van der Waals surface area (Å²) in [5, 5.41) is 2.93. The lowest BCUT2D eigenvalue weighted by atomic mass is 10.6. The van der Waals surface area contributed by atoms with Crippen molar-refractivity contribution in [2.45, 2.75) is 6.92 Å². The predicted molar refractivity (Wildman–Crippen MR) is 50.4 cm³/mol. The van der Waals surface area contributed by atoms with E-state index < -0.39 is 10.8 Å². The molecule has 1 N–H and O–H groups in total. The molecule has 0 rings (SSSR count). The predicted octanol–water partition coefficient (Wildman–Crippen LogP) is 0.266. The number of hydrogen-bond acceptors (Lipinski definition) is 2. The number of amides is 1. The smallest absolute Gasteiger partial charge is 0.230 e. The van der Waals surface area contributed by atoms with Gasteiger partial charge >= 0.3 is 0 Å². The summed E-state index contributed by atoms with van der Waals surface area (Å²) in [6, 6.07) is 0. The van der Waals surface area contributed by atoms with Crippen LogP contribution in [-0.2, 0) is 15.6 Å². The molecule has 0 saturated heterocycles. The van der Waals surface area contributed by atoms with Crippen LogP contribution in [-0.4, -0.2) is 33.5 Å². The first kappa shape index (κ1) is 11.1. The lowest BCUT2D eigenvalue weighted by Crippen LogP contribution is -2.28. The second kappa shape index (κ2) is 6.79. The molecule has 11 heavy (non-hydrogen) atoms. The van der Waals surface area contributed by atoms with E-state index in [0.29, 0.717) is 23.4 Å². The van der Waals surface area contributed by atoms with Crippen molar-refractivity contribution in [1.29, 1.82) is 0 Å². The third-order valence-electron chi connectivity index (χ3n) is 1.10. The monoisotopic (exact) mass is 241 g/mol. The number of alkyl halides is 1. The molecule has 1 unspecified atom stereocenters. The molecular formula is C6H12BrNO2S. The van der Waals surface area contributed by atoms with Crippen molar-refractivity contribution in [2.24, 2.45) is 0 Å². The van der Waals surface area contributed by atoms with E-state index in [1.54, 1.807) is 0 Å². The van der Waals surface area contributed by atoms with Crippen LogP contribution in [0.4, 0.5) is 0 Å². The van der Waals surface area contributed by atoms with Crippen molar-refractivity contribution >= 4 is 32.6 Å². The van der Waals surface area contributed by atoms with E-state index in [-0.39, 0.29) is 5.91 Å². The molecule has 0 radical (unpaired) electrons. The minimum Gasteiger partial charge on any atom is -0.354 e. The van der Waals surface area contributed by atoms with Crippen molar-refractivity contribution in [2.75, 3.05) is 23.4 Å². The Morgan fingerprint density at radius 2 is 2.27 bits per heavy atom. The van der Waals surface area contributed by atoms with Crippen LogP contribution in [0.1, 0.15) is 6.92 Å². The SMILES string of the molecule is CCS(=O)CCNC(=O)CBr. The van der Waals surface area contributed by atoms with Gasteiger partial charge in [-0.1, -0.05) is 22.9 Å². The number of carbonyl (C=O) groups is 1. The molecule has 1 amide bonds. The van der Waals surface area contributed by atoms with Crippen molar-refractivity contribution in [1.82, 2.24) is 5.32 Å². The fourth-order valence-electron chi connectivity index (χ4n) is 0.496. The van der Waals surface area contributed by atoms with E-state index >= 15 is 0 Å². The molecule has 0 aromatic heterocycles. The van der Waals surface area contributed by atoms with Crippen molar-refractivity contribution in [3.63, 3.8) is 0 Å². The minimum atomic E-state index is -0.775. The van der Waals surface area contributed by atoms with Crippen LogP contribution in [0.2, 0.25) is 0 Å². The zero-order valence-corrected chi connectivity index (χ0v) is 8.83. The van der Waals surface area contributed by atoms with E-state index in [0.717, 1.165) is 0 Å². The van der Waals surface area contributed by atoms with Crippen LogP contribution < -0.4 is 5.32 Å². The molecule has 66 valence electrons. The topological polar surface area (TPSA) is 46.2 Å². The van der Waals surface area contributed by atoms with Gasteiger partial charge in [-0.05, 0) is 0 Å². The summed E-state index contributed by atoms with van der Waals surface area (Å²) < 4.78 is 10.8. The highest BCUT2D eigenvalue weighted by molar-refractivity contribution is 9.09. The fraction of sp³-hybridized carbons (Fsp3) is 0.833. The van der Waals surface area contributed by atoms with E-state index in [9.17, 15) is 9.00 Å². The number of halogens is 1. The molecule has 0 saturated carbocycles. The maximum atomic E-state index is 10.8. The molecule has 0 aliphatic heterocycles. The van der Waals surface area contributed by atoms with E-state index in [4.69, 9.17) is 0 Å². The number of nitrogens with one attached hydrogen (secondary N) is 1. The molecule has 0 aliphatic rings. The number of hydrogen-bond donors (Lipinski definition) is 1. The van der Waals surface area contributed by atoms with Crippen LogP contribution in [0.25, 0.3) is 0 Å². The van der Waals surface area contributed by atoms with Crippen molar-refractivity contribution < 1.29 is 9.00 Å². The van der Waals surface area contributed by atoms with Gasteiger partial charge in [0.15, 0.2) is 0 Å². The fourth-order valence-corrected chi connectivity index (χ4v) is 1.31. The average molecular weight is 242 g/mol. The summed E-state index contributed by atoms with van der Waals surface area (Å²) in [7, 11) is -0.775. The first-order chi connectivity index (χ1) is 5.20. The molecule has 3 nitrogen and oxygen atoms in total. The molecule has 0 fully saturated rings. The highest BCUT2D eigenvalue weighted by Gasteiger charge is 1.98. The van der Waals surface area contributed by atoms with E-state index in [1.807, 2.05) is 6.92 Å². The third-order valence-corrected chi connectivity index (χ3v) is 2.91. The molecule has 0 aromatic carbocycles. The molecule has 0 aliphatic carbocycles. The normalized spacial score (nSPS) is 12.5. The van der Waals surface area contributed by atoms with Crippen LogP contribution in [0.5, 0.6) is 0 Å². The molecule has 0 aromatic rings. The molecule has 0 bridgehead atoms. The van der Waals surface area contributed by atoms with Gasteiger partial charge in [-0.2, -0.15) is 0 Å². The lowest BCUT2D eigenvalue weighted by molar-refractivity contribution is -0.118. The standard InChI is InChI=1S/C6H12BrNO2S/c1-2-11(10)4-3-8-6(9)5-7/h2-5H2,1H3,(H,8,9). The Kier molecular flexibility index (Phi) is 6.85. The maximum absolute atomic E-state index is 10.8. The maximum Gasteiger partial charge on any atom is 0.230 e. The number of carbonyl (C=O) groups excluding carboxylic acids is 1. The molecule has 1 atom stereocenters. The van der Waals surface area contributed by atoms with Crippen LogP contribution in [0.3, 0.4) is 0 Å². The van der Waals surface area contributed by atoms with Gasteiger partial charge in [0.2, 0.25) is 5.91 Å². The van der Waals surface area contributed by atoms with Gasteiger partial charge in [-0.25, -0.2) is 0 Å². The average Bonchev–Trinajstić information content (AvgIpc) is 2.04. The van der Waals surface area contributed by atoms with E-state index in [2.05, 4.69) is 21.2 Å². The van der Waals surface area contributed by atoms with E-state index in [1.165, 1.54) is 0 Å². The molecule has 5 heteroatoms. The van der Waals surface area contributed by atoms with Crippen LogP contribution in [0, 0.1) is 0 Å². The zero-order chi connectivity index (χ0) is 8.69. The largest absolute Gasteiger partial charge is 0.354 e. The Morgan fingerprint density at radius 3 is 2.73 bits per heavy atom. The first-order valence-electron chi connectivity index (χ1n) is 3.38. The molecule has 0 spiro atoms. The van der Waals surface area contributed by atoms with Gasteiger partial charge in [-0.15, -0.1) is 0 Å². The van der Waals surface area contributed by atoms with Crippen molar-refractivity contribution in [3.05, 3.63) is 0 Å². The summed E-state index contributed by atoms with van der Waals surface area (Å²) in [5.74, 6) is 1.15. The summed E-state index contributed by atoms with van der Waals surface area (Å²) in [4.78, 5) is 10.6. The number of rotatable bonds is 5. The van der Waals surface area contributed by atoms with Crippen LogP contribution in [0.15, 0.2) is 0 Å².